The van der Waals surface area contributed by atoms with Crippen LogP contribution in [0.4, 0.5) is 5.82 Å². The zero-order valence-corrected chi connectivity index (χ0v) is 33.6. The number of rotatable bonds is 24. The fourth-order valence-electron chi connectivity index (χ4n) is 4.85. The highest BCUT2D eigenvalue weighted by molar-refractivity contribution is 8.13. The van der Waals surface area contributed by atoms with Gasteiger partial charge < -0.3 is 74.1 Å². The van der Waals surface area contributed by atoms with Gasteiger partial charge in [0.05, 0.1) is 33.8 Å². The maximum absolute atomic E-state index is 12.5. The van der Waals surface area contributed by atoms with Crippen LogP contribution in [0.25, 0.3) is 11.2 Å². The number of aliphatic hydroxyl groups excluding tert-OH is 3. The lowest BCUT2D eigenvalue weighted by Crippen LogP contribution is -2.46. The van der Waals surface area contributed by atoms with Gasteiger partial charge in [0.1, 0.15) is 42.0 Å². The van der Waals surface area contributed by atoms with Gasteiger partial charge >= 0.3 is 0 Å². The third-order valence-electron chi connectivity index (χ3n) is 7.70. The number of phosphoric acid groups is 3. The minimum Gasteiger partial charge on any atom is -0.790 e. The van der Waals surface area contributed by atoms with Gasteiger partial charge in [-0.15, -0.1) is 0 Å². The molecule has 0 spiro atoms. The number of aromatic nitrogens is 4. The number of ketones is 1. The fraction of sp³-hybridized carbons (Fsp3) is 0.667. The van der Waals surface area contributed by atoms with Gasteiger partial charge in [-0.05, 0) is 6.42 Å². The quantitative estimate of drug-likeness (QED) is 0.0331. The van der Waals surface area contributed by atoms with E-state index in [1.165, 1.54) is 13.8 Å². The Balaban J connectivity index is 1.47. The molecule has 0 bridgehead atoms. The Bertz CT molecular complexity index is 1880. The molecular formula is C27H40N7O19P3S-4. The molecule has 0 aromatic carbocycles. The van der Waals surface area contributed by atoms with Crippen LogP contribution in [0.15, 0.2) is 12.7 Å². The van der Waals surface area contributed by atoms with E-state index in [1.54, 1.807) is 0 Å². The number of nitrogens with one attached hydrogen (secondary N) is 2. The first kappa shape index (κ1) is 48.6. The number of hydrogen-bond donors (Lipinski definition) is 6. The molecule has 7 unspecified atom stereocenters. The minimum absolute atomic E-state index is 0.0316. The number of nitrogens with zero attached hydrogens (tertiary/aromatic N) is 4. The Morgan fingerprint density at radius 2 is 1.74 bits per heavy atom. The number of Topliss-reactive ketones (excluding diaryl/α,β-unsaturated/α-hetero) is 1. The van der Waals surface area contributed by atoms with Crippen LogP contribution in [0.5, 0.6) is 0 Å². The molecule has 1 saturated heterocycles. The van der Waals surface area contributed by atoms with E-state index in [-0.39, 0.29) is 73.9 Å². The van der Waals surface area contributed by atoms with E-state index < -0.39 is 89.7 Å². The van der Waals surface area contributed by atoms with Crippen LogP contribution < -0.4 is 35.9 Å². The number of carbonyl (C=O) groups is 4. The summed E-state index contributed by atoms with van der Waals surface area (Å²) in [7, 11) is -17.6. The van der Waals surface area contributed by atoms with Gasteiger partial charge in [0.15, 0.2) is 22.8 Å². The first-order valence-electron chi connectivity index (χ1n) is 16.6. The molecule has 322 valence electrons. The van der Waals surface area contributed by atoms with E-state index in [4.69, 9.17) is 15.6 Å². The lowest BCUT2D eigenvalue weighted by Gasteiger charge is -2.36. The Hall–Kier alpha value is -2.81. The van der Waals surface area contributed by atoms with Gasteiger partial charge in [0.2, 0.25) is 11.8 Å². The highest BCUT2D eigenvalue weighted by Gasteiger charge is 2.47. The van der Waals surface area contributed by atoms with Crippen molar-refractivity contribution in [2.75, 3.05) is 44.4 Å². The summed E-state index contributed by atoms with van der Waals surface area (Å²) >= 11 is 0.837. The number of carbonyl (C=O) groups excluding carboxylic acids is 4. The Morgan fingerprint density at radius 1 is 1.05 bits per heavy atom. The molecule has 26 nitrogen and oxygen atoms in total. The van der Waals surface area contributed by atoms with Crippen LogP contribution in [0.1, 0.15) is 45.8 Å². The molecule has 3 rings (SSSR count). The summed E-state index contributed by atoms with van der Waals surface area (Å²) in [5, 5.41) is 34.4. The lowest BCUT2D eigenvalue weighted by atomic mass is 9.87. The average Bonchev–Trinajstić information content (AvgIpc) is 3.67. The van der Waals surface area contributed by atoms with E-state index >= 15 is 0 Å². The number of anilines is 1. The molecular weight excluding hydrogens is 851 g/mol. The van der Waals surface area contributed by atoms with Crippen LogP contribution in [0.2, 0.25) is 0 Å². The van der Waals surface area contributed by atoms with Gasteiger partial charge in [-0.25, -0.2) is 19.3 Å². The van der Waals surface area contributed by atoms with Crippen molar-refractivity contribution in [3.05, 3.63) is 12.7 Å². The molecule has 57 heavy (non-hydrogen) atoms. The highest BCUT2D eigenvalue weighted by atomic mass is 32.2. The molecule has 1 fully saturated rings. The van der Waals surface area contributed by atoms with Gasteiger partial charge in [0.25, 0.3) is 15.6 Å². The predicted molar refractivity (Wildman–Crippen MR) is 184 cm³/mol. The molecule has 2 aromatic heterocycles. The summed E-state index contributed by atoms with van der Waals surface area (Å²) in [6.45, 7) is -0.348. The molecule has 7 N–H and O–H groups in total. The van der Waals surface area contributed by atoms with Crippen molar-refractivity contribution in [3.63, 3.8) is 0 Å². The number of nitrogen functional groups attached to an aromatic ring is 1. The van der Waals surface area contributed by atoms with Crippen LogP contribution >= 0.6 is 35.2 Å². The van der Waals surface area contributed by atoms with Crippen molar-refractivity contribution in [1.29, 1.82) is 0 Å². The second-order valence-electron chi connectivity index (χ2n) is 12.7. The fourth-order valence-corrected chi connectivity index (χ4v) is 8.28. The number of nitrogens with two attached hydrogens (primary N) is 1. The minimum atomic E-state index is -5.93. The van der Waals surface area contributed by atoms with Crippen molar-refractivity contribution in [1.82, 2.24) is 30.2 Å². The molecule has 3 heterocycles. The van der Waals surface area contributed by atoms with Crippen molar-refractivity contribution in [2.24, 2.45) is 5.41 Å². The van der Waals surface area contributed by atoms with Crippen LogP contribution in [0.3, 0.4) is 0 Å². The second kappa shape index (κ2) is 20.9. The Morgan fingerprint density at radius 3 is 2.40 bits per heavy atom. The van der Waals surface area contributed by atoms with Gasteiger partial charge in [0, 0.05) is 43.7 Å². The molecule has 1 aliphatic rings. The van der Waals surface area contributed by atoms with E-state index in [0.29, 0.717) is 0 Å². The third kappa shape index (κ3) is 15.4. The SMILES string of the molecule is CC(C)(COP(=O)([O-])OP(=O)([O-])OCC1OC(n2cnc3c(N)ncnc32)C(O)C1OP(=O)([O-])[O-])C(O)C(=O)NCCC(=O)NCCSC(=O)CC(=O)CCCO. The first-order chi connectivity index (χ1) is 26.4. The summed E-state index contributed by atoms with van der Waals surface area (Å²) in [5.41, 5.74) is 4.01. The highest BCUT2D eigenvalue weighted by Crippen LogP contribution is 2.56. The molecule has 0 saturated carbocycles. The monoisotopic (exact) mass is 891 g/mol. The number of fused-ring (bicyclic) bond motifs is 1. The number of hydrogen-bond acceptors (Lipinski definition) is 24. The third-order valence-corrected chi connectivity index (χ3v) is 11.6. The number of amides is 2. The number of ether oxygens (including phenoxy) is 1. The van der Waals surface area contributed by atoms with Crippen molar-refractivity contribution in [3.8, 4) is 0 Å². The number of aliphatic hydroxyl groups is 3. The standard InChI is InChI=1S/C27H44N7O19P3S/c1-27(2,22(40)25(41)30-6-5-17(37)29-7-9-57-18(38)10-15(36)4-3-8-35)12-50-56(47,48)53-55(45,46)49-11-16-21(52-54(42,43)44)20(39)26(51-16)34-14-33-19-23(28)31-13-32-24(19)34/h13-14,16,20-22,26,35,39-40H,3-12H2,1-2H3,(H,29,37)(H,30,41)(H,45,46)(H,47,48)(H2,28,31,32)(H2,42,43,44)/p-4. The predicted octanol–water partition coefficient (Wildman–Crippen LogP) is -4.13. The summed E-state index contributed by atoms with van der Waals surface area (Å²) in [5.74, 6) is -1.82. The van der Waals surface area contributed by atoms with E-state index in [2.05, 4.69) is 43.5 Å². The number of imidazole rings is 1. The largest absolute Gasteiger partial charge is 0.790 e. The molecule has 7 atom stereocenters. The Kier molecular flexibility index (Phi) is 17.8. The van der Waals surface area contributed by atoms with Crippen molar-refractivity contribution < 1.29 is 90.4 Å². The first-order valence-corrected chi connectivity index (χ1v) is 21.9. The molecule has 2 aromatic rings. The van der Waals surface area contributed by atoms with E-state index in [0.717, 1.165) is 29.0 Å². The summed E-state index contributed by atoms with van der Waals surface area (Å²) in [6, 6.07) is 0. The lowest BCUT2D eigenvalue weighted by molar-refractivity contribution is -0.347. The molecule has 1 aliphatic heterocycles. The maximum Gasteiger partial charge on any atom is 0.274 e. The maximum atomic E-state index is 12.5. The molecule has 2 amide bonds. The van der Waals surface area contributed by atoms with Crippen molar-refractivity contribution >= 4 is 74.9 Å². The topological polar surface area (TPSA) is 412 Å². The van der Waals surface area contributed by atoms with Crippen LogP contribution in [0, 0.1) is 5.41 Å². The summed E-state index contributed by atoms with van der Waals surface area (Å²) in [4.78, 5) is 107. The number of thioether (sulfide) groups is 1. The summed E-state index contributed by atoms with van der Waals surface area (Å²) in [6.07, 6.45) is -7.72. The normalized spacial score (nSPS) is 21.4. The zero-order chi connectivity index (χ0) is 42.8. The van der Waals surface area contributed by atoms with Crippen LogP contribution in [-0.2, 0) is 55.5 Å². The Labute approximate surface area is 327 Å². The smallest absolute Gasteiger partial charge is 0.274 e. The average molecular weight is 892 g/mol. The van der Waals surface area contributed by atoms with Crippen LogP contribution in [-0.4, -0.2) is 121 Å². The van der Waals surface area contributed by atoms with Crippen molar-refractivity contribution in [2.45, 2.75) is 70.2 Å². The van der Waals surface area contributed by atoms with E-state index in [1.807, 2.05) is 0 Å². The number of phosphoric ester groups is 3. The molecule has 0 radical (unpaired) electrons. The molecule has 30 heteroatoms. The second-order valence-corrected chi connectivity index (χ2v) is 18.0. The molecule has 0 aliphatic carbocycles. The van der Waals surface area contributed by atoms with Gasteiger partial charge in [-0.3, -0.25) is 32.9 Å². The van der Waals surface area contributed by atoms with Gasteiger partial charge in [-0.2, -0.15) is 0 Å². The summed E-state index contributed by atoms with van der Waals surface area (Å²) < 4.78 is 60.4. The van der Waals surface area contributed by atoms with Gasteiger partial charge in [-0.1, -0.05) is 25.6 Å². The zero-order valence-electron chi connectivity index (χ0n) is 30.1. The van der Waals surface area contributed by atoms with E-state index in [9.17, 15) is 62.7 Å².